The summed E-state index contributed by atoms with van der Waals surface area (Å²) in [5, 5.41) is 4.27. The lowest BCUT2D eigenvalue weighted by molar-refractivity contribution is 0.346. The molecule has 8 heteroatoms. The van der Waals surface area contributed by atoms with E-state index in [4.69, 9.17) is 0 Å². The summed E-state index contributed by atoms with van der Waals surface area (Å²) in [6.45, 7) is 3.79. The van der Waals surface area contributed by atoms with E-state index in [1.165, 1.54) is 6.20 Å². The number of hydrogen-bond donors (Lipinski definition) is 1. The Morgan fingerprint density at radius 2 is 1.83 bits per heavy atom. The van der Waals surface area contributed by atoms with E-state index >= 15 is 0 Å². The molecule has 2 aromatic heterocycles. The van der Waals surface area contributed by atoms with E-state index in [2.05, 4.69) is 27.4 Å². The zero-order chi connectivity index (χ0) is 20.3. The van der Waals surface area contributed by atoms with Gasteiger partial charge < -0.3 is 5.32 Å². The van der Waals surface area contributed by atoms with Gasteiger partial charge in [0.25, 0.3) is 0 Å². The van der Waals surface area contributed by atoms with Gasteiger partial charge in [0, 0.05) is 29.7 Å². The first-order valence-corrected chi connectivity index (χ1v) is 12.0. The Balaban J connectivity index is 1.43. The molecule has 1 aromatic carbocycles. The normalized spacial score (nSPS) is 15.3. The van der Waals surface area contributed by atoms with E-state index in [9.17, 15) is 8.42 Å². The molecule has 0 aliphatic carbocycles. The lowest BCUT2D eigenvalue weighted by atomic mass is 10.2. The minimum Gasteiger partial charge on any atom is -0.365 e. The molecule has 152 valence electrons. The van der Waals surface area contributed by atoms with Crippen LogP contribution in [0.3, 0.4) is 0 Å². The lowest BCUT2D eigenvalue weighted by Crippen LogP contribution is -2.35. The number of anilines is 1. The molecule has 4 rings (SSSR count). The molecule has 0 bridgehead atoms. The summed E-state index contributed by atoms with van der Waals surface area (Å²) in [5.41, 5.74) is 2.10. The van der Waals surface area contributed by atoms with Gasteiger partial charge in [0.2, 0.25) is 10.0 Å². The number of rotatable bonds is 6. The monoisotopic (exact) mass is 428 g/mol. The molecule has 0 saturated carbocycles. The van der Waals surface area contributed by atoms with Crippen molar-refractivity contribution in [2.45, 2.75) is 37.6 Å². The summed E-state index contributed by atoms with van der Waals surface area (Å²) in [4.78, 5) is 10.4. The largest absolute Gasteiger partial charge is 0.365 e. The topological polar surface area (TPSA) is 75.2 Å². The highest BCUT2D eigenvalue weighted by molar-refractivity contribution is 7.89. The quantitative estimate of drug-likeness (QED) is 0.634. The second-order valence-electron chi connectivity index (χ2n) is 7.09. The van der Waals surface area contributed by atoms with Crippen molar-refractivity contribution in [3.63, 3.8) is 0 Å². The first-order chi connectivity index (χ1) is 14.0. The van der Waals surface area contributed by atoms with Crippen molar-refractivity contribution in [3.8, 4) is 10.6 Å². The number of pyridine rings is 1. The standard InChI is InChI=1S/C21H24N4O2S2/c1-16-19(28-21(24-16)17-8-4-2-5-9-17)15-23-20-11-10-18(14-22-20)29(26,27)25-12-6-3-7-13-25/h2,4-5,8-11,14H,3,6-7,12-13,15H2,1H3,(H,22,23). The van der Waals surface area contributed by atoms with Crippen LogP contribution in [0.15, 0.2) is 53.6 Å². The average Bonchev–Trinajstić information content (AvgIpc) is 3.14. The Morgan fingerprint density at radius 1 is 1.07 bits per heavy atom. The van der Waals surface area contributed by atoms with Crippen LogP contribution in [0.25, 0.3) is 10.6 Å². The van der Waals surface area contributed by atoms with Gasteiger partial charge in [-0.15, -0.1) is 11.3 Å². The minimum absolute atomic E-state index is 0.255. The van der Waals surface area contributed by atoms with Gasteiger partial charge >= 0.3 is 0 Å². The fraction of sp³-hybridized carbons (Fsp3) is 0.333. The van der Waals surface area contributed by atoms with E-state index in [1.54, 1.807) is 27.8 Å². The maximum atomic E-state index is 12.7. The molecule has 1 saturated heterocycles. The maximum Gasteiger partial charge on any atom is 0.244 e. The van der Waals surface area contributed by atoms with Crippen LogP contribution in [-0.4, -0.2) is 35.8 Å². The van der Waals surface area contributed by atoms with Gasteiger partial charge in [-0.05, 0) is 31.9 Å². The molecule has 0 spiro atoms. The van der Waals surface area contributed by atoms with Gasteiger partial charge in [-0.25, -0.2) is 18.4 Å². The SMILES string of the molecule is Cc1nc(-c2ccccc2)sc1CNc1ccc(S(=O)(=O)N2CCCCC2)cn1. The molecule has 3 aromatic rings. The van der Waals surface area contributed by atoms with Crippen molar-refractivity contribution >= 4 is 27.2 Å². The zero-order valence-corrected chi connectivity index (χ0v) is 18.0. The number of hydrogen-bond acceptors (Lipinski definition) is 6. The van der Waals surface area contributed by atoms with Crippen LogP contribution in [0.1, 0.15) is 29.8 Å². The first kappa shape index (κ1) is 20.0. The second kappa shape index (κ2) is 8.61. The fourth-order valence-electron chi connectivity index (χ4n) is 3.36. The Bertz CT molecular complexity index is 1060. The van der Waals surface area contributed by atoms with Crippen molar-refractivity contribution < 1.29 is 8.42 Å². The van der Waals surface area contributed by atoms with E-state index < -0.39 is 10.0 Å². The number of piperidine rings is 1. The summed E-state index contributed by atoms with van der Waals surface area (Å²) in [6.07, 6.45) is 4.38. The molecule has 3 heterocycles. The van der Waals surface area contributed by atoms with E-state index in [1.807, 2.05) is 25.1 Å². The molecule has 0 radical (unpaired) electrons. The third-order valence-corrected chi connectivity index (χ3v) is 8.12. The van der Waals surface area contributed by atoms with Gasteiger partial charge in [-0.2, -0.15) is 4.31 Å². The third-order valence-electron chi connectivity index (χ3n) is 5.03. The third kappa shape index (κ3) is 4.49. The van der Waals surface area contributed by atoms with Crippen LogP contribution in [0.5, 0.6) is 0 Å². The predicted molar refractivity (Wildman–Crippen MR) is 116 cm³/mol. The van der Waals surface area contributed by atoms with Crippen molar-refractivity contribution in [2.24, 2.45) is 0 Å². The highest BCUT2D eigenvalue weighted by Gasteiger charge is 2.26. The van der Waals surface area contributed by atoms with Crippen LogP contribution in [0.4, 0.5) is 5.82 Å². The molecule has 1 aliphatic rings. The van der Waals surface area contributed by atoms with Crippen molar-refractivity contribution in [1.82, 2.24) is 14.3 Å². The maximum absolute atomic E-state index is 12.7. The molecular weight excluding hydrogens is 404 g/mol. The zero-order valence-electron chi connectivity index (χ0n) is 16.3. The smallest absolute Gasteiger partial charge is 0.244 e. The lowest BCUT2D eigenvalue weighted by Gasteiger charge is -2.25. The van der Waals surface area contributed by atoms with Gasteiger partial charge in [0.15, 0.2) is 0 Å². The van der Waals surface area contributed by atoms with Gasteiger partial charge in [0.05, 0.1) is 12.2 Å². The molecule has 1 N–H and O–H groups in total. The summed E-state index contributed by atoms with van der Waals surface area (Å²) in [5.74, 6) is 0.650. The van der Waals surface area contributed by atoms with Crippen LogP contribution >= 0.6 is 11.3 Å². The molecule has 1 aliphatic heterocycles. The first-order valence-electron chi connectivity index (χ1n) is 9.76. The number of sulfonamides is 1. The highest BCUT2D eigenvalue weighted by atomic mass is 32.2. The molecule has 0 atom stereocenters. The van der Waals surface area contributed by atoms with E-state index in [0.29, 0.717) is 25.5 Å². The van der Waals surface area contributed by atoms with Gasteiger partial charge in [0.1, 0.15) is 15.7 Å². The Hall–Kier alpha value is -2.29. The second-order valence-corrected chi connectivity index (χ2v) is 10.1. The number of nitrogens with one attached hydrogen (secondary N) is 1. The summed E-state index contributed by atoms with van der Waals surface area (Å²) in [7, 11) is -3.44. The Morgan fingerprint density at radius 3 is 2.52 bits per heavy atom. The van der Waals surface area contributed by atoms with E-state index in [0.717, 1.165) is 40.4 Å². The molecule has 29 heavy (non-hydrogen) atoms. The number of nitrogens with zero attached hydrogens (tertiary/aromatic N) is 3. The molecular formula is C21H24N4O2S2. The molecule has 0 amide bonds. The Kier molecular flexibility index (Phi) is 5.94. The van der Waals surface area contributed by atoms with Crippen LogP contribution in [0, 0.1) is 6.92 Å². The van der Waals surface area contributed by atoms with Gasteiger partial charge in [-0.3, -0.25) is 0 Å². The summed E-state index contributed by atoms with van der Waals surface area (Å²) in [6, 6.07) is 13.5. The van der Waals surface area contributed by atoms with E-state index in [-0.39, 0.29) is 4.90 Å². The van der Waals surface area contributed by atoms with Gasteiger partial charge in [-0.1, -0.05) is 36.8 Å². The summed E-state index contributed by atoms with van der Waals surface area (Å²) < 4.78 is 27.0. The predicted octanol–water partition coefficient (Wildman–Crippen LogP) is 4.30. The Labute approximate surface area is 175 Å². The fourth-order valence-corrected chi connectivity index (χ4v) is 5.83. The van der Waals surface area contributed by atoms with Crippen molar-refractivity contribution in [2.75, 3.05) is 18.4 Å². The number of aromatic nitrogens is 2. The number of aryl methyl sites for hydroxylation is 1. The minimum atomic E-state index is -3.44. The van der Waals surface area contributed by atoms with Crippen LogP contribution in [-0.2, 0) is 16.6 Å². The summed E-state index contributed by atoms with van der Waals surface area (Å²) >= 11 is 1.65. The number of benzene rings is 1. The highest BCUT2D eigenvalue weighted by Crippen LogP contribution is 2.28. The van der Waals surface area contributed by atoms with Crippen molar-refractivity contribution in [3.05, 3.63) is 59.2 Å². The van der Waals surface area contributed by atoms with Crippen LogP contribution in [0.2, 0.25) is 0 Å². The number of thiazole rings is 1. The average molecular weight is 429 g/mol. The molecule has 6 nitrogen and oxygen atoms in total. The molecule has 0 unspecified atom stereocenters. The van der Waals surface area contributed by atoms with Crippen LogP contribution < -0.4 is 5.32 Å². The molecule has 1 fully saturated rings. The van der Waals surface area contributed by atoms with Crippen molar-refractivity contribution in [1.29, 1.82) is 0 Å².